The van der Waals surface area contributed by atoms with Gasteiger partial charge in [-0.1, -0.05) is 35.9 Å². The van der Waals surface area contributed by atoms with Gasteiger partial charge in [0.1, 0.15) is 5.60 Å². The van der Waals surface area contributed by atoms with Crippen LogP contribution in [0.25, 0.3) is 0 Å². The van der Waals surface area contributed by atoms with Gasteiger partial charge in [-0.05, 0) is 58.4 Å². The minimum absolute atomic E-state index is 0.00832. The van der Waals surface area contributed by atoms with Gasteiger partial charge in [-0.25, -0.2) is 17.5 Å². The maximum Gasteiger partial charge on any atom is 0.341 e. The number of hydrogen-bond acceptors (Lipinski definition) is 5. The highest BCUT2D eigenvalue weighted by Crippen LogP contribution is 2.44. The molecule has 29 heavy (non-hydrogen) atoms. The maximum atomic E-state index is 13.7. The molecule has 0 aliphatic carbocycles. The van der Waals surface area contributed by atoms with E-state index in [9.17, 15) is 18.0 Å². The Morgan fingerprint density at radius 1 is 1.03 bits per heavy atom. The molecule has 0 amide bonds. The number of fused-ring (bicyclic) bond motifs is 1. The van der Waals surface area contributed by atoms with E-state index in [2.05, 4.69) is 0 Å². The van der Waals surface area contributed by atoms with Gasteiger partial charge in [0, 0.05) is 6.42 Å². The summed E-state index contributed by atoms with van der Waals surface area (Å²) in [5.74, 6) is -1.46. The fourth-order valence-corrected chi connectivity index (χ4v) is 5.30. The van der Waals surface area contributed by atoms with E-state index in [4.69, 9.17) is 4.74 Å². The van der Waals surface area contributed by atoms with Crippen LogP contribution in [0.4, 0.5) is 5.69 Å². The Kier molecular flexibility index (Phi) is 5.07. The Morgan fingerprint density at radius 2 is 1.62 bits per heavy atom. The van der Waals surface area contributed by atoms with E-state index in [-0.39, 0.29) is 11.3 Å². The highest BCUT2D eigenvalue weighted by Gasteiger charge is 2.60. The van der Waals surface area contributed by atoms with Crippen molar-refractivity contribution in [3.8, 4) is 0 Å². The predicted octanol–water partition coefficient (Wildman–Crippen LogP) is 3.42. The van der Waals surface area contributed by atoms with Crippen LogP contribution in [-0.4, -0.2) is 31.3 Å². The third-order valence-electron chi connectivity index (χ3n) is 4.88. The molecular formula is C22H25NO5S. The Morgan fingerprint density at radius 3 is 2.17 bits per heavy atom. The quantitative estimate of drug-likeness (QED) is 0.565. The number of aryl methyl sites for hydroxylation is 1. The lowest BCUT2D eigenvalue weighted by Crippen LogP contribution is -2.61. The second-order valence-electron chi connectivity index (χ2n) is 8.31. The van der Waals surface area contributed by atoms with Gasteiger partial charge in [0.15, 0.2) is 5.78 Å². The van der Waals surface area contributed by atoms with E-state index in [0.29, 0.717) is 11.3 Å². The number of hydrogen-bond donors (Lipinski definition) is 0. The van der Waals surface area contributed by atoms with Gasteiger partial charge in [-0.2, -0.15) is 0 Å². The fourth-order valence-electron chi connectivity index (χ4n) is 3.49. The molecule has 0 aromatic heterocycles. The van der Waals surface area contributed by atoms with Crippen molar-refractivity contribution in [2.24, 2.45) is 0 Å². The SMILES string of the molecule is CC(=O)C1(C(=O)OC(C)(C)C)Cc2ccccc2N1S(=O)(=O)c1ccc(C)cc1. The number of nitrogens with zero attached hydrogens (tertiary/aromatic N) is 1. The molecule has 7 heteroatoms. The summed E-state index contributed by atoms with van der Waals surface area (Å²) in [4.78, 5) is 26.2. The average Bonchev–Trinajstić information content (AvgIpc) is 2.98. The number of esters is 1. The van der Waals surface area contributed by atoms with Gasteiger partial charge < -0.3 is 4.74 Å². The normalized spacial score (nSPS) is 19.0. The first-order valence-corrected chi connectivity index (χ1v) is 10.8. The van der Waals surface area contributed by atoms with E-state index in [0.717, 1.165) is 9.87 Å². The van der Waals surface area contributed by atoms with Crippen LogP contribution in [0.1, 0.15) is 38.8 Å². The van der Waals surface area contributed by atoms with Gasteiger partial charge in [0.25, 0.3) is 10.0 Å². The number of anilines is 1. The number of para-hydroxylation sites is 1. The topological polar surface area (TPSA) is 80.8 Å². The van der Waals surface area contributed by atoms with Gasteiger partial charge in [-0.3, -0.25) is 4.79 Å². The maximum absolute atomic E-state index is 13.7. The second kappa shape index (κ2) is 6.99. The van der Waals surface area contributed by atoms with Crippen molar-refractivity contribution in [3.05, 3.63) is 59.7 Å². The van der Waals surface area contributed by atoms with Crippen molar-refractivity contribution in [2.75, 3.05) is 4.31 Å². The second-order valence-corrected chi connectivity index (χ2v) is 10.1. The van der Waals surface area contributed by atoms with Crippen LogP contribution in [0.15, 0.2) is 53.4 Å². The van der Waals surface area contributed by atoms with Crippen molar-refractivity contribution in [3.63, 3.8) is 0 Å². The highest BCUT2D eigenvalue weighted by atomic mass is 32.2. The molecule has 3 rings (SSSR count). The van der Waals surface area contributed by atoms with Gasteiger partial charge >= 0.3 is 5.97 Å². The largest absolute Gasteiger partial charge is 0.458 e. The minimum atomic E-state index is -4.21. The number of benzene rings is 2. The Hall–Kier alpha value is -2.67. The summed E-state index contributed by atoms with van der Waals surface area (Å²) in [7, 11) is -4.21. The molecule has 1 heterocycles. The molecule has 2 aromatic rings. The summed E-state index contributed by atoms with van der Waals surface area (Å²) in [6, 6.07) is 13.1. The van der Waals surface area contributed by atoms with E-state index in [1.807, 2.05) is 6.92 Å². The fraction of sp³-hybridized carbons (Fsp3) is 0.364. The molecule has 0 fully saturated rings. The third-order valence-corrected chi connectivity index (χ3v) is 6.74. The summed E-state index contributed by atoms with van der Waals surface area (Å²) >= 11 is 0. The number of ketones is 1. The summed E-state index contributed by atoms with van der Waals surface area (Å²) in [6.07, 6.45) is -0.0709. The van der Waals surface area contributed by atoms with Gasteiger partial charge in [0.2, 0.25) is 5.54 Å². The number of rotatable bonds is 4. The molecule has 0 saturated carbocycles. The van der Waals surface area contributed by atoms with Crippen LogP contribution in [0, 0.1) is 6.92 Å². The zero-order valence-corrected chi connectivity index (χ0v) is 18.0. The first kappa shape index (κ1) is 21.0. The Labute approximate surface area is 171 Å². The lowest BCUT2D eigenvalue weighted by Gasteiger charge is -2.37. The number of carbonyl (C=O) groups excluding carboxylic acids is 2. The molecular weight excluding hydrogens is 390 g/mol. The highest BCUT2D eigenvalue weighted by molar-refractivity contribution is 7.93. The summed E-state index contributed by atoms with van der Waals surface area (Å²) < 4.78 is 33.8. The standard InChI is InChI=1S/C22H25NO5S/c1-15-10-12-18(13-11-15)29(26,27)23-19-9-7-6-8-17(19)14-22(23,16(2)24)20(25)28-21(3,4)5/h6-13H,14H2,1-5H3. The van der Waals surface area contributed by atoms with Crippen molar-refractivity contribution >= 4 is 27.5 Å². The Bertz CT molecular complexity index is 1070. The molecule has 0 N–H and O–H groups in total. The van der Waals surface area contributed by atoms with Crippen molar-refractivity contribution in [2.45, 2.75) is 57.1 Å². The molecule has 0 bridgehead atoms. The molecule has 154 valence electrons. The lowest BCUT2D eigenvalue weighted by atomic mass is 9.91. The van der Waals surface area contributed by atoms with Crippen molar-refractivity contribution in [1.82, 2.24) is 0 Å². The lowest BCUT2D eigenvalue weighted by molar-refractivity contribution is -0.162. The average molecular weight is 416 g/mol. The van der Waals surface area contributed by atoms with Crippen LogP contribution in [-0.2, 0) is 30.8 Å². The van der Waals surface area contributed by atoms with Gasteiger partial charge in [-0.15, -0.1) is 0 Å². The summed E-state index contributed by atoms with van der Waals surface area (Å²) in [5.41, 5.74) is -1.05. The Balaban J connectivity index is 2.27. The van der Waals surface area contributed by atoms with Crippen LogP contribution in [0.5, 0.6) is 0 Å². The van der Waals surface area contributed by atoms with E-state index < -0.39 is 32.9 Å². The van der Waals surface area contributed by atoms with Crippen LogP contribution in [0.3, 0.4) is 0 Å². The molecule has 2 aromatic carbocycles. The first-order chi connectivity index (χ1) is 13.4. The van der Waals surface area contributed by atoms with E-state index in [1.54, 1.807) is 57.2 Å². The third kappa shape index (κ3) is 3.55. The molecule has 1 aliphatic heterocycles. The summed E-state index contributed by atoms with van der Waals surface area (Å²) in [5, 5.41) is 0. The molecule has 1 aliphatic rings. The number of sulfonamides is 1. The van der Waals surface area contributed by atoms with Crippen molar-refractivity contribution < 1.29 is 22.7 Å². The predicted molar refractivity (Wildman–Crippen MR) is 110 cm³/mol. The van der Waals surface area contributed by atoms with E-state index >= 15 is 0 Å². The number of ether oxygens (including phenoxy) is 1. The monoisotopic (exact) mass is 415 g/mol. The van der Waals surface area contributed by atoms with Crippen molar-refractivity contribution in [1.29, 1.82) is 0 Å². The first-order valence-electron chi connectivity index (χ1n) is 9.34. The zero-order valence-electron chi connectivity index (χ0n) is 17.2. The van der Waals surface area contributed by atoms with Crippen LogP contribution in [0.2, 0.25) is 0 Å². The molecule has 1 atom stereocenters. The molecule has 1 unspecified atom stereocenters. The van der Waals surface area contributed by atoms with Gasteiger partial charge in [0.05, 0.1) is 10.6 Å². The molecule has 0 saturated heterocycles. The van der Waals surface area contributed by atoms with Crippen LogP contribution >= 0.6 is 0 Å². The molecule has 0 radical (unpaired) electrons. The summed E-state index contributed by atoms with van der Waals surface area (Å²) in [6.45, 7) is 8.12. The van der Waals surface area contributed by atoms with Crippen LogP contribution < -0.4 is 4.31 Å². The smallest absolute Gasteiger partial charge is 0.341 e. The zero-order chi connectivity index (χ0) is 21.6. The van der Waals surface area contributed by atoms with E-state index in [1.165, 1.54) is 19.1 Å². The number of Topliss-reactive ketones (excluding diaryl/α,β-unsaturated/α-hetero) is 1. The minimum Gasteiger partial charge on any atom is -0.458 e. The number of carbonyl (C=O) groups is 2. The molecule has 6 nitrogen and oxygen atoms in total. The molecule has 0 spiro atoms.